The molecule has 0 bridgehead atoms. The number of hydrogen-bond acceptors (Lipinski definition) is 9. The molecule has 4 fully saturated rings. The highest BCUT2D eigenvalue weighted by molar-refractivity contribution is 7.81. The second-order valence-electron chi connectivity index (χ2n) is 14.4. The molecule has 4 rings (SSSR count). The Labute approximate surface area is 257 Å². The zero-order valence-electron chi connectivity index (χ0n) is 25.7. The Morgan fingerprint density at radius 2 is 1.21 bits per heavy atom. The SMILES string of the molecule is CC(C)C(C)/C=C/[C@@H](C)[C@H]1CCC2C3C[C@H](OS(=O)(=O)O)[C@H]4C[C@H](OS(=O)(=O)O)[C@@H](OS(=O)(=O)O)C[C@]4(C)C3CC[C@@]21C. The van der Waals surface area contributed by atoms with Gasteiger partial charge in [0.25, 0.3) is 0 Å². The van der Waals surface area contributed by atoms with Gasteiger partial charge in [0, 0.05) is 0 Å². The van der Waals surface area contributed by atoms with Crippen molar-refractivity contribution in [1.29, 1.82) is 0 Å². The molecule has 4 aliphatic carbocycles. The molecule has 4 saturated carbocycles. The number of rotatable bonds is 10. The van der Waals surface area contributed by atoms with E-state index in [1.807, 2.05) is 6.92 Å². The monoisotopic (exact) mass is 672 g/mol. The molecule has 0 aromatic heterocycles. The third-order valence-electron chi connectivity index (χ3n) is 11.8. The van der Waals surface area contributed by atoms with Crippen LogP contribution in [0.25, 0.3) is 0 Å². The van der Waals surface area contributed by atoms with Crippen LogP contribution in [-0.2, 0) is 43.7 Å². The fourth-order valence-corrected chi connectivity index (χ4v) is 11.2. The van der Waals surface area contributed by atoms with Gasteiger partial charge in [-0.1, -0.05) is 53.7 Å². The fourth-order valence-electron chi connectivity index (χ4n) is 9.64. The van der Waals surface area contributed by atoms with Crippen molar-refractivity contribution in [2.24, 2.45) is 58.2 Å². The van der Waals surface area contributed by atoms with Crippen molar-refractivity contribution in [3.8, 4) is 0 Å². The van der Waals surface area contributed by atoms with Crippen molar-refractivity contribution in [2.75, 3.05) is 0 Å². The first-order valence-corrected chi connectivity index (χ1v) is 19.3. The quantitative estimate of drug-likeness (QED) is 0.210. The summed E-state index contributed by atoms with van der Waals surface area (Å²) in [5, 5.41) is 0. The van der Waals surface area contributed by atoms with Crippen LogP contribution in [-0.4, -0.2) is 57.2 Å². The first-order chi connectivity index (χ1) is 19.5. The van der Waals surface area contributed by atoms with Gasteiger partial charge in [-0.3, -0.25) is 13.7 Å². The Bertz CT molecular complexity index is 1380. The van der Waals surface area contributed by atoms with Crippen molar-refractivity contribution in [2.45, 2.75) is 105 Å². The zero-order chi connectivity index (χ0) is 32.3. The van der Waals surface area contributed by atoms with Gasteiger partial charge in [-0.25, -0.2) is 12.5 Å². The zero-order valence-corrected chi connectivity index (χ0v) is 28.1. The van der Waals surface area contributed by atoms with Crippen LogP contribution in [0.15, 0.2) is 12.2 Å². The molecule has 4 aliphatic rings. The van der Waals surface area contributed by atoms with Crippen molar-refractivity contribution < 1.29 is 51.5 Å². The fraction of sp³-hybridized carbons (Fsp3) is 0.929. The number of fused-ring (bicyclic) bond motifs is 5. The molecule has 0 aliphatic heterocycles. The van der Waals surface area contributed by atoms with Gasteiger partial charge in [-0.05, 0) is 103 Å². The molecule has 43 heavy (non-hydrogen) atoms. The molecule has 12 nitrogen and oxygen atoms in total. The Hall–Kier alpha value is -0.650. The van der Waals surface area contributed by atoms with Crippen LogP contribution in [0.5, 0.6) is 0 Å². The molecule has 3 N–H and O–H groups in total. The normalized spacial score (nSPS) is 41.9. The maximum absolute atomic E-state index is 12.0. The molecule has 0 radical (unpaired) electrons. The van der Waals surface area contributed by atoms with Crippen LogP contribution in [0.3, 0.4) is 0 Å². The predicted molar refractivity (Wildman–Crippen MR) is 158 cm³/mol. The summed E-state index contributed by atoms with van der Waals surface area (Å²) in [6.45, 7) is 13.1. The predicted octanol–water partition coefficient (Wildman–Crippen LogP) is 4.91. The van der Waals surface area contributed by atoms with Crippen molar-refractivity contribution in [3.05, 3.63) is 12.2 Å². The minimum absolute atomic E-state index is 0.0204. The molecule has 0 aromatic carbocycles. The van der Waals surface area contributed by atoms with Crippen LogP contribution in [0.4, 0.5) is 0 Å². The first-order valence-electron chi connectivity index (χ1n) is 15.2. The second-order valence-corrected chi connectivity index (χ2v) is 17.6. The molecular formula is C28H48O12S3. The minimum atomic E-state index is -5.07. The molecule has 0 aromatic rings. The summed E-state index contributed by atoms with van der Waals surface area (Å²) in [6.07, 6.45) is 4.10. The topological polar surface area (TPSA) is 191 Å². The van der Waals surface area contributed by atoms with E-state index >= 15 is 0 Å². The minimum Gasteiger partial charge on any atom is -0.264 e. The third-order valence-corrected chi connectivity index (χ3v) is 13.3. The van der Waals surface area contributed by atoms with Gasteiger partial charge < -0.3 is 0 Å². The van der Waals surface area contributed by atoms with E-state index in [0.29, 0.717) is 30.1 Å². The van der Waals surface area contributed by atoms with E-state index in [0.717, 1.165) is 25.7 Å². The Kier molecular flexibility index (Phi) is 9.97. The van der Waals surface area contributed by atoms with E-state index in [2.05, 4.69) is 46.8 Å². The number of hydrogen-bond donors (Lipinski definition) is 3. The lowest BCUT2D eigenvalue weighted by atomic mass is 9.43. The van der Waals surface area contributed by atoms with Crippen LogP contribution < -0.4 is 0 Å². The summed E-state index contributed by atoms with van der Waals surface area (Å²) in [4.78, 5) is 0. The van der Waals surface area contributed by atoms with E-state index < -0.39 is 60.8 Å². The first kappa shape index (κ1) is 35.2. The molecule has 0 spiro atoms. The van der Waals surface area contributed by atoms with Crippen LogP contribution in [0, 0.1) is 58.2 Å². The van der Waals surface area contributed by atoms with Crippen LogP contribution in [0.2, 0.25) is 0 Å². The maximum Gasteiger partial charge on any atom is 0.397 e. The molecule has 250 valence electrons. The lowest BCUT2D eigenvalue weighted by Gasteiger charge is -2.63. The highest BCUT2D eigenvalue weighted by Crippen LogP contribution is 2.69. The van der Waals surface area contributed by atoms with E-state index in [9.17, 15) is 38.9 Å². The summed E-state index contributed by atoms with van der Waals surface area (Å²) in [7, 11) is -15.0. The average Bonchev–Trinajstić information content (AvgIpc) is 3.18. The van der Waals surface area contributed by atoms with Crippen LogP contribution in [0.1, 0.15) is 86.5 Å². The molecule has 4 unspecified atom stereocenters. The maximum atomic E-state index is 12.0. The van der Waals surface area contributed by atoms with Crippen molar-refractivity contribution in [1.82, 2.24) is 0 Å². The van der Waals surface area contributed by atoms with E-state index in [-0.39, 0.29) is 36.0 Å². The molecule has 15 heteroatoms. The standard InChI is InChI=1S/C28H48O12S3/c1-16(2)17(3)7-8-18(4)20-9-10-21-19-13-24(38-41(29,30)31)23-14-25(39-42(32,33)34)26(40-43(35,36)37)15-28(23,6)22(19)11-12-27(20,21)5/h7-8,16-26H,9-15H2,1-6H3,(H,29,30,31)(H,32,33,34)(H,35,36,37)/b8-7+/t17?,18-,19?,20-,21?,22?,23-,24+,25+,26+,27-,28-/m1/s1. The molecule has 12 atom stereocenters. The Morgan fingerprint density at radius 1 is 0.674 bits per heavy atom. The number of allylic oxidation sites excluding steroid dienone is 2. The smallest absolute Gasteiger partial charge is 0.264 e. The highest BCUT2D eigenvalue weighted by Gasteiger charge is 2.65. The molecular weight excluding hydrogens is 624 g/mol. The van der Waals surface area contributed by atoms with Crippen LogP contribution >= 0.6 is 0 Å². The summed E-state index contributed by atoms with van der Waals surface area (Å²) in [5.41, 5.74) is -0.863. The lowest BCUT2D eigenvalue weighted by molar-refractivity contribution is -0.183. The van der Waals surface area contributed by atoms with Crippen molar-refractivity contribution in [3.63, 3.8) is 0 Å². The Morgan fingerprint density at radius 3 is 1.77 bits per heavy atom. The Balaban J connectivity index is 1.70. The van der Waals surface area contributed by atoms with E-state index in [1.54, 1.807) is 0 Å². The van der Waals surface area contributed by atoms with Gasteiger partial charge >= 0.3 is 31.2 Å². The van der Waals surface area contributed by atoms with Gasteiger partial charge in [-0.2, -0.15) is 25.3 Å². The summed E-state index contributed by atoms with van der Waals surface area (Å²) in [5.74, 6) is 1.22. The van der Waals surface area contributed by atoms with Gasteiger partial charge in [-0.15, -0.1) is 0 Å². The van der Waals surface area contributed by atoms with Gasteiger partial charge in [0.2, 0.25) is 0 Å². The third kappa shape index (κ3) is 7.67. The average molecular weight is 673 g/mol. The summed E-state index contributed by atoms with van der Waals surface area (Å²) < 4.78 is 114. The van der Waals surface area contributed by atoms with Crippen molar-refractivity contribution >= 4 is 31.2 Å². The van der Waals surface area contributed by atoms with E-state index in [1.165, 1.54) is 0 Å². The van der Waals surface area contributed by atoms with E-state index in [4.69, 9.17) is 12.5 Å². The lowest BCUT2D eigenvalue weighted by Crippen LogP contribution is -2.62. The highest BCUT2D eigenvalue weighted by atomic mass is 32.3. The molecule has 0 heterocycles. The van der Waals surface area contributed by atoms with Gasteiger partial charge in [0.1, 0.15) is 12.2 Å². The summed E-state index contributed by atoms with van der Waals surface area (Å²) in [6, 6.07) is 0. The largest absolute Gasteiger partial charge is 0.397 e. The van der Waals surface area contributed by atoms with Gasteiger partial charge in [0.15, 0.2) is 0 Å². The second kappa shape index (κ2) is 12.2. The summed E-state index contributed by atoms with van der Waals surface area (Å²) >= 11 is 0. The molecule has 0 amide bonds. The van der Waals surface area contributed by atoms with Gasteiger partial charge in [0.05, 0.1) is 6.10 Å². The molecule has 0 saturated heterocycles.